The minimum absolute atomic E-state index is 0.0928. The molecule has 4 aliphatic rings. The summed E-state index contributed by atoms with van der Waals surface area (Å²) in [6, 6.07) is 2.37. The number of amides is 1. The number of rotatable bonds is 3. The van der Waals surface area contributed by atoms with Gasteiger partial charge in [-0.2, -0.15) is 0 Å². The first-order valence-electron chi connectivity index (χ1n) is 12.0. The Labute approximate surface area is 202 Å². The van der Waals surface area contributed by atoms with Gasteiger partial charge in [0.1, 0.15) is 22.8 Å². The number of nitrogens with two attached hydrogens (primary N) is 1. The third kappa shape index (κ3) is 3.11. The number of allylic oxidation sites excluding steroid dienone is 1. The van der Waals surface area contributed by atoms with Crippen molar-refractivity contribution >= 4 is 17.5 Å². The summed E-state index contributed by atoms with van der Waals surface area (Å²) in [5.74, 6) is -5.96. The highest BCUT2D eigenvalue weighted by Crippen LogP contribution is 2.53. The number of nitrogens with zero attached hydrogens (tertiary/aromatic N) is 1. The quantitative estimate of drug-likeness (QED) is 0.407. The number of carbonyl (C=O) groups excluding carboxylic acids is 3. The van der Waals surface area contributed by atoms with Crippen molar-refractivity contribution in [2.45, 2.75) is 56.1 Å². The molecular weight excluding hydrogens is 452 g/mol. The molecule has 0 heterocycles. The zero-order valence-corrected chi connectivity index (χ0v) is 19.7. The number of primary amides is 1. The van der Waals surface area contributed by atoms with Crippen molar-refractivity contribution in [2.75, 3.05) is 14.1 Å². The van der Waals surface area contributed by atoms with Crippen LogP contribution in [0.1, 0.15) is 59.5 Å². The Bertz CT molecular complexity index is 1220. The van der Waals surface area contributed by atoms with E-state index in [-0.39, 0.29) is 29.2 Å². The monoisotopic (exact) mass is 482 g/mol. The van der Waals surface area contributed by atoms with Gasteiger partial charge in [-0.15, -0.1) is 0 Å². The largest absolute Gasteiger partial charge is 0.510 e. The molecule has 0 aromatic heterocycles. The van der Waals surface area contributed by atoms with Crippen LogP contribution in [-0.4, -0.2) is 68.5 Å². The first-order valence-corrected chi connectivity index (χ1v) is 12.0. The number of ketones is 2. The van der Waals surface area contributed by atoms with Gasteiger partial charge in [0.05, 0.1) is 11.6 Å². The van der Waals surface area contributed by atoms with Gasteiger partial charge in [0.25, 0.3) is 5.91 Å². The number of likely N-dealkylation sites (N-methyl/N-ethyl adjacent to an activating group) is 1. The smallest absolute Gasteiger partial charge is 0.255 e. The van der Waals surface area contributed by atoms with Crippen LogP contribution >= 0.6 is 0 Å². The van der Waals surface area contributed by atoms with E-state index in [1.807, 2.05) is 6.07 Å². The van der Waals surface area contributed by atoms with Gasteiger partial charge in [0, 0.05) is 11.5 Å². The average molecular weight is 483 g/mol. The summed E-state index contributed by atoms with van der Waals surface area (Å²) < 4.78 is 0. The summed E-state index contributed by atoms with van der Waals surface area (Å²) >= 11 is 0. The minimum atomic E-state index is -2.61. The van der Waals surface area contributed by atoms with Crippen LogP contribution in [0.25, 0.3) is 0 Å². The molecule has 1 aromatic carbocycles. The van der Waals surface area contributed by atoms with E-state index < -0.39 is 58.0 Å². The number of aliphatic hydroxyl groups excluding tert-OH is 2. The molecule has 5 rings (SSSR count). The molecule has 0 radical (unpaired) electrons. The Morgan fingerprint density at radius 1 is 1.09 bits per heavy atom. The maximum atomic E-state index is 13.7. The Kier molecular flexibility index (Phi) is 5.34. The Morgan fingerprint density at radius 2 is 1.74 bits per heavy atom. The summed E-state index contributed by atoms with van der Waals surface area (Å²) in [6.45, 7) is 0. The van der Waals surface area contributed by atoms with Gasteiger partial charge in [-0.05, 0) is 68.8 Å². The van der Waals surface area contributed by atoms with Crippen molar-refractivity contribution < 1.29 is 34.8 Å². The molecule has 0 aliphatic heterocycles. The normalized spacial score (nSPS) is 31.0. The number of hydrogen-bond acceptors (Lipinski definition) is 8. The lowest BCUT2D eigenvalue weighted by Crippen LogP contribution is -2.63. The van der Waals surface area contributed by atoms with Gasteiger partial charge in [0.2, 0.25) is 5.78 Å². The van der Waals surface area contributed by atoms with Crippen molar-refractivity contribution in [1.82, 2.24) is 4.90 Å². The number of carbonyl (C=O) groups is 3. The number of benzene rings is 1. The van der Waals surface area contributed by atoms with E-state index in [0.29, 0.717) is 6.42 Å². The van der Waals surface area contributed by atoms with Crippen molar-refractivity contribution in [2.24, 2.45) is 17.6 Å². The molecule has 35 heavy (non-hydrogen) atoms. The van der Waals surface area contributed by atoms with Crippen LogP contribution in [0.2, 0.25) is 0 Å². The summed E-state index contributed by atoms with van der Waals surface area (Å²) in [5.41, 5.74) is 3.68. The zero-order chi connectivity index (χ0) is 25.4. The average Bonchev–Trinajstić information content (AvgIpc) is 3.30. The van der Waals surface area contributed by atoms with Crippen LogP contribution in [0.15, 0.2) is 34.8 Å². The Hall–Kier alpha value is -3.17. The lowest BCUT2D eigenvalue weighted by atomic mass is 9.58. The first-order chi connectivity index (χ1) is 16.5. The number of fused-ring (bicyclic) bond motifs is 3. The second-order valence-electron chi connectivity index (χ2n) is 10.5. The fraction of sp³-hybridized carbons (Fsp3) is 0.500. The molecular formula is C26H30N2O7. The molecule has 6 N–H and O–H groups in total. The zero-order valence-electron chi connectivity index (χ0n) is 19.7. The third-order valence-electron chi connectivity index (χ3n) is 8.44. The summed E-state index contributed by atoms with van der Waals surface area (Å²) in [6.07, 6.45) is 4.63. The van der Waals surface area contributed by atoms with Crippen LogP contribution in [0.4, 0.5) is 0 Å². The predicted octanol–water partition coefficient (Wildman–Crippen LogP) is 1.78. The number of Topliss-reactive ketones (excluding diaryl/α,β-unsaturated/α-hetero) is 2. The number of aliphatic hydroxyl groups is 3. The van der Waals surface area contributed by atoms with Gasteiger partial charge in [0.15, 0.2) is 11.4 Å². The van der Waals surface area contributed by atoms with Gasteiger partial charge in [-0.3, -0.25) is 19.3 Å². The maximum absolute atomic E-state index is 13.7. The van der Waals surface area contributed by atoms with Crippen LogP contribution in [0, 0.1) is 11.8 Å². The minimum Gasteiger partial charge on any atom is -0.510 e. The number of hydrogen-bond donors (Lipinski definition) is 5. The fourth-order valence-corrected chi connectivity index (χ4v) is 6.89. The molecule has 4 aliphatic carbocycles. The molecule has 0 bridgehead atoms. The molecule has 1 saturated carbocycles. The van der Waals surface area contributed by atoms with E-state index in [1.165, 1.54) is 6.07 Å². The molecule has 9 heteroatoms. The highest BCUT2D eigenvalue weighted by molar-refractivity contribution is 6.24. The van der Waals surface area contributed by atoms with Crippen LogP contribution in [-0.2, 0) is 16.0 Å². The maximum Gasteiger partial charge on any atom is 0.255 e. The van der Waals surface area contributed by atoms with Gasteiger partial charge >= 0.3 is 0 Å². The Balaban J connectivity index is 1.70. The van der Waals surface area contributed by atoms with Crippen LogP contribution in [0.5, 0.6) is 5.75 Å². The molecule has 0 saturated heterocycles. The van der Waals surface area contributed by atoms with Crippen LogP contribution < -0.4 is 5.73 Å². The standard InChI is InChI=1S/C26H30N2O7/c1-28(2)20-15-10-12-9-14-13(11-5-3-4-6-11)7-8-16(29)18(14)21(30)17(12)23(32)26(15,35)24(33)19(22(20)31)25(27)34/h7-8,11-12,15,20,29,31-32,35H,3-6,9-10H2,1-2H3,(H2,27,34)/t12-,15-,20-,26-/m1/s1. The molecule has 1 aromatic rings. The van der Waals surface area contributed by atoms with E-state index in [4.69, 9.17) is 5.73 Å². The molecule has 186 valence electrons. The lowest BCUT2D eigenvalue weighted by molar-refractivity contribution is -0.148. The summed E-state index contributed by atoms with van der Waals surface area (Å²) in [7, 11) is 3.23. The second-order valence-corrected chi connectivity index (χ2v) is 10.5. The predicted molar refractivity (Wildman–Crippen MR) is 125 cm³/mol. The van der Waals surface area contributed by atoms with E-state index in [1.54, 1.807) is 19.0 Å². The van der Waals surface area contributed by atoms with Crippen molar-refractivity contribution in [3.8, 4) is 5.75 Å². The fourth-order valence-electron chi connectivity index (χ4n) is 6.89. The van der Waals surface area contributed by atoms with E-state index in [2.05, 4.69) is 0 Å². The molecule has 9 nitrogen and oxygen atoms in total. The van der Waals surface area contributed by atoms with Crippen molar-refractivity contribution in [3.63, 3.8) is 0 Å². The van der Waals surface area contributed by atoms with Crippen molar-refractivity contribution in [3.05, 3.63) is 51.5 Å². The Morgan fingerprint density at radius 3 is 2.34 bits per heavy atom. The molecule has 0 unspecified atom stereocenters. The highest BCUT2D eigenvalue weighted by Gasteiger charge is 2.63. The van der Waals surface area contributed by atoms with E-state index in [0.717, 1.165) is 36.8 Å². The lowest BCUT2D eigenvalue weighted by Gasteiger charge is -2.50. The number of aromatic hydroxyl groups is 1. The molecule has 0 spiro atoms. The number of phenolic OH excluding ortho intramolecular Hbond substituents is 1. The highest BCUT2D eigenvalue weighted by atomic mass is 16.3. The number of phenols is 1. The molecule has 4 atom stereocenters. The van der Waals surface area contributed by atoms with Gasteiger partial charge < -0.3 is 26.2 Å². The summed E-state index contributed by atoms with van der Waals surface area (Å²) in [5, 5.41) is 44.4. The first kappa shape index (κ1) is 23.6. The van der Waals surface area contributed by atoms with E-state index in [9.17, 15) is 34.8 Å². The van der Waals surface area contributed by atoms with Gasteiger partial charge in [-0.25, -0.2) is 0 Å². The van der Waals surface area contributed by atoms with Gasteiger partial charge in [-0.1, -0.05) is 18.9 Å². The second kappa shape index (κ2) is 7.93. The van der Waals surface area contributed by atoms with Crippen LogP contribution in [0.3, 0.4) is 0 Å². The SMILES string of the molecule is CN(C)[C@H]1C(O)=C(C(N)=O)C(=O)[C@]2(O)C(O)=C3C(=O)c4c(O)ccc(C5CCCC5)c4C[C@@H]3C[C@H]12. The molecule has 1 fully saturated rings. The van der Waals surface area contributed by atoms with Crippen molar-refractivity contribution in [1.29, 1.82) is 0 Å². The topological polar surface area (TPSA) is 161 Å². The van der Waals surface area contributed by atoms with E-state index >= 15 is 0 Å². The third-order valence-corrected chi connectivity index (χ3v) is 8.44. The molecule has 1 amide bonds. The summed E-state index contributed by atoms with van der Waals surface area (Å²) in [4.78, 5) is 40.6.